The van der Waals surface area contributed by atoms with Crippen LogP contribution < -0.4 is 10.1 Å². The summed E-state index contributed by atoms with van der Waals surface area (Å²) in [5, 5.41) is 3.35. The van der Waals surface area contributed by atoms with Gasteiger partial charge in [0.15, 0.2) is 0 Å². The van der Waals surface area contributed by atoms with Crippen LogP contribution in [0.1, 0.15) is 15.9 Å². The molecule has 3 nitrogen and oxygen atoms in total. The Morgan fingerprint density at radius 2 is 1.70 bits per heavy atom. The van der Waals surface area contributed by atoms with Crippen molar-refractivity contribution in [2.75, 3.05) is 19.7 Å². The number of hydrogen-bond acceptors (Lipinski definition) is 3. The zero-order valence-electron chi connectivity index (χ0n) is 11.4. The van der Waals surface area contributed by atoms with Gasteiger partial charge in [0.05, 0.1) is 0 Å². The Bertz CT molecular complexity index is 508. The maximum atomic E-state index is 10.5. The summed E-state index contributed by atoms with van der Waals surface area (Å²) >= 11 is 0. The van der Waals surface area contributed by atoms with Crippen molar-refractivity contribution in [3.63, 3.8) is 0 Å². The van der Waals surface area contributed by atoms with Crippen LogP contribution >= 0.6 is 0 Å². The second-order valence-corrected chi connectivity index (χ2v) is 4.52. The van der Waals surface area contributed by atoms with E-state index in [1.807, 2.05) is 18.2 Å². The molecular formula is C17H19NO2. The van der Waals surface area contributed by atoms with Crippen molar-refractivity contribution in [3.05, 3.63) is 65.7 Å². The van der Waals surface area contributed by atoms with Crippen LogP contribution in [0.3, 0.4) is 0 Å². The minimum absolute atomic E-state index is 0.620. The number of carbonyl (C=O) groups excluding carboxylic acids is 1. The molecular weight excluding hydrogens is 250 g/mol. The van der Waals surface area contributed by atoms with E-state index in [9.17, 15) is 4.79 Å². The summed E-state index contributed by atoms with van der Waals surface area (Å²) in [5.41, 5.74) is 2.00. The van der Waals surface area contributed by atoms with Crippen LogP contribution in [0, 0.1) is 0 Å². The molecule has 0 saturated heterocycles. The molecule has 2 aromatic carbocycles. The lowest BCUT2D eigenvalue weighted by atomic mass is 10.1. The highest BCUT2D eigenvalue weighted by Gasteiger charge is 1.95. The first kappa shape index (κ1) is 14.3. The van der Waals surface area contributed by atoms with E-state index in [-0.39, 0.29) is 0 Å². The molecule has 2 aromatic rings. The quantitative estimate of drug-likeness (QED) is 0.591. The molecule has 20 heavy (non-hydrogen) atoms. The van der Waals surface area contributed by atoms with Crippen LogP contribution in [0.5, 0.6) is 5.75 Å². The molecule has 0 atom stereocenters. The van der Waals surface area contributed by atoms with Gasteiger partial charge in [-0.3, -0.25) is 4.79 Å². The monoisotopic (exact) mass is 269 g/mol. The van der Waals surface area contributed by atoms with Gasteiger partial charge in [-0.1, -0.05) is 30.3 Å². The van der Waals surface area contributed by atoms with Crippen molar-refractivity contribution in [1.29, 1.82) is 0 Å². The summed E-state index contributed by atoms with van der Waals surface area (Å²) < 4.78 is 5.58. The number of benzene rings is 2. The highest BCUT2D eigenvalue weighted by Crippen LogP contribution is 2.10. The number of carbonyl (C=O) groups is 1. The Morgan fingerprint density at radius 1 is 0.950 bits per heavy atom. The summed E-state index contributed by atoms with van der Waals surface area (Å²) in [4.78, 5) is 10.5. The minimum atomic E-state index is 0.620. The summed E-state index contributed by atoms with van der Waals surface area (Å²) in [7, 11) is 0. The van der Waals surface area contributed by atoms with Crippen molar-refractivity contribution in [2.45, 2.75) is 6.42 Å². The summed E-state index contributed by atoms with van der Waals surface area (Å²) in [6.07, 6.45) is 1.85. The van der Waals surface area contributed by atoms with Crippen molar-refractivity contribution >= 4 is 6.29 Å². The maximum absolute atomic E-state index is 10.5. The first-order valence-electron chi connectivity index (χ1n) is 6.81. The van der Waals surface area contributed by atoms with Gasteiger partial charge < -0.3 is 10.1 Å². The SMILES string of the molecule is O=Cc1ccc(OCCNCCc2ccccc2)cc1. The van der Waals surface area contributed by atoms with E-state index < -0.39 is 0 Å². The number of hydrogen-bond donors (Lipinski definition) is 1. The Labute approximate surface area is 119 Å². The van der Waals surface area contributed by atoms with Crippen molar-refractivity contribution in [1.82, 2.24) is 5.32 Å². The van der Waals surface area contributed by atoms with E-state index in [0.29, 0.717) is 12.2 Å². The third-order valence-electron chi connectivity index (χ3n) is 3.00. The van der Waals surface area contributed by atoms with E-state index in [1.54, 1.807) is 12.1 Å². The summed E-state index contributed by atoms with van der Waals surface area (Å²) in [6.45, 7) is 2.37. The fourth-order valence-electron chi connectivity index (χ4n) is 1.89. The number of ether oxygens (including phenoxy) is 1. The normalized spacial score (nSPS) is 10.2. The number of aldehydes is 1. The predicted octanol–water partition coefficient (Wildman–Crippen LogP) is 2.71. The molecule has 0 amide bonds. The van der Waals surface area contributed by atoms with Crippen LogP contribution in [-0.2, 0) is 6.42 Å². The zero-order chi connectivity index (χ0) is 14.0. The van der Waals surface area contributed by atoms with Gasteiger partial charge in [-0.25, -0.2) is 0 Å². The van der Waals surface area contributed by atoms with Crippen molar-refractivity contribution < 1.29 is 9.53 Å². The highest BCUT2D eigenvalue weighted by atomic mass is 16.5. The van der Waals surface area contributed by atoms with Crippen LogP contribution in [0.2, 0.25) is 0 Å². The average molecular weight is 269 g/mol. The van der Waals surface area contributed by atoms with E-state index in [0.717, 1.165) is 31.5 Å². The average Bonchev–Trinajstić information content (AvgIpc) is 2.52. The lowest BCUT2D eigenvalue weighted by Gasteiger charge is -2.07. The number of rotatable bonds is 8. The Balaban J connectivity index is 1.58. The second-order valence-electron chi connectivity index (χ2n) is 4.52. The maximum Gasteiger partial charge on any atom is 0.150 e. The molecule has 104 valence electrons. The molecule has 0 bridgehead atoms. The molecule has 0 saturated carbocycles. The van der Waals surface area contributed by atoms with E-state index in [2.05, 4.69) is 29.6 Å². The Hall–Kier alpha value is -2.13. The molecule has 2 rings (SSSR count). The second kappa shape index (κ2) is 8.12. The molecule has 0 fully saturated rings. The molecule has 0 radical (unpaired) electrons. The summed E-state index contributed by atoms with van der Waals surface area (Å²) in [6, 6.07) is 17.5. The third-order valence-corrected chi connectivity index (χ3v) is 3.00. The lowest BCUT2D eigenvalue weighted by Crippen LogP contribution is -2.23. The Morgan fingerprint density at radius 3 is 2.40 bits per heavy atom. The van der Waals surface area contributed by atoms with Gasteiger partial charge in [0, 0.05) is 12.1 Å². The molecule has 0 aromatic heterocycles. The van der Waals surface area contributed by atoms with Gasteiger partial charge in [-0.15, -0.1) is 0 Å². The van der Waals surface area contributed by atoms with Gasteiger partial charge >= 0.3 is 0 Å². The van der Waals surface area contributed by atoms with E-state index >= 15 is 0 Å². The van der Waals surface area contributed by atoms with Gasteiger partial charge in [0.1, 0.15) is 18.6 Å². The lowest BCUT2D eigenvalue weighted by molar-refractivity contribution is 0.112. The minimum Gasteiger partial charge on any atom is -0.492 e. The molecule has 0 heterocycles. The van der Waals surface area contributed by atoms with Gasteiger partial charge in [0.2, 0.25) is 0 Å². The van der Waals surface area contributed by atoms with Crippen LogP contribution in [-0.4, -0.2) is 26.0 Å². The van der Waals surface area contributed by atoms with Crippen LogP contribution in [0.15, 0.2) is 54.6 Å². The fraction of sp³-hybridized carbons (Fsp3) is 0.235. The van der Waals surface area contributed by atoms with Gasteiger partial charge in [0.25, 0.3) is 0 Å². The van der Waals surface area contributed by atoms with Gasteiger partial charge in [-0.05, 0) is 42.8 Å². The smallest absolute Gasteiger partial charge is 0.150 e. The number of nitrogens with one attached hydrogen (secondary N) is 1. The predicted molar refractivity (Wildman–Crippen MR) is 80.3 cm³/mol. The van der Waals surface area contributed by atoms with Crippen LogP contribution in [0.25, 0.3) is 0 Å². The molecule has 3 heteroatoms. The fourth-order valence-corrected chi connectivity index (χ4v) is 1.89. The van der Waals surface area contributed by atoms with Crippen LogP contribution in [0.4, 0.5) is 0 Å². The molecule has 0 unspecified atom stereocenters. The largest absolute Gasteiger partial charge is 0.492 e. The standard InChI is InChI=1S/C17H19NO2/c19-14-16-6-8-17(9-7-16)20-13-12-18-11-10-15-4-2-1-3-5-15/h1-9,14,18H,10-13H2. The molecule has 1 N–H and O–H groups in total. The molecule has 0 aliphatic heterocycles. The first-order chi connectivity index (χ1) is 9.88. The van der Waals surface area contributed by atoms with E-state index in [1.165, 1.54) is 5.56 Å². The highest BCUT2D eigenvalue weighted by molar-refractivity contribution is 5.74. The van der Waals surface area contributed by atoms with E-state index in [4.69, 9.17) is 4.74 Å². The molecule has 0 aliphatic carbocycles. The molecule has 0 spiro atoms. The van der Waals surface area contributed by atoms with Crippen molar-refractivity contribution in [2.24, 2.45) is 0 Å². The third kappa shape index (κ3) is 4.86. The summed E-state index contributed by atoms with van der Waals surface area (Å²) in [5.74, 6) is 0.792. The first-order valence-corrected chi connectivity index (χ1v) is 6.81. The Kier molecular flexibility index (Phi) is 5.80. The molecule has 0 aliphatic rings. The van der Waals surface area contributed by atoms with Crippen molar-refractivity contribution in [3.8, 4) is 5.75 Å². The zero-order valence-corrected chi connectivity index (χ0v) is 11.4. The topological polar surface area (TPSA) is 38.3 Å². The van der Waals surface area contributed by atoms with Gasteiger partial charge in [-0.2, -0.15) is 0 Å².